The van der Waals surface area contributed by atoms with Crippen molar-refractivity contribution in [3.8, 4) is 11.5 Å². The summed E-state index contributed by atoms with van der Waals surface area (Å²) < 4.78 is 11.2. The second-order valence-electron chi connectivity index (χ2n) is 6.54. The van der Waals surface area contributed by atoms with Gasteiger partial charge in [0.25, 0.3) is 0 Å². The van der Waals surface area contributed by atoms with Crippen molar-refractivity contribution in [2.45, 2.75) is 39.2 Å². The Bertz CT molecular complexity index is 703. The number of aliphatic imine (C=N–C) groups is 1. The molecule has 1 aromatic carbocycles. The zero-order valence-corrected chi connectivity index (χ0v) is 15.6. The molecule has 1 saturated heterocycles. The summed E-state index contributed by atoms with van der Waals surface area (Å²) in [5, 5.41) is 6.62. The Kier molecular flexibility index (Phi) is 6.66. The molecule has 140 valence electrons. The Hall–Kier alpha value is -2.34. The molecule has 26 heavy (non-hydrogen) atoms. The number of nitrogens with one attached hydrogen (secondary N) is 2. The normalized spacial score (nSPS) is 17.5. The molecule has 0 bridgehead atoms. The highest BCUT2D eigenvalue weighted by Crippen LogP contribution is 2.19. The number of guanidine groups is 1. The molecule has 0 saturated carbocycles. The van der Waals surface area contributed by atoms with Crippen LogP contribution in [0.1, 0.15) is 31.0 Å². The molecule has 1 atom stereocenters. The van der Waals surface area contributed by atoms with E-state index in [1.165, 1.54) is 5.56 Å². The second-order valence-corrected chi connectivity index (χ2v) is 6.54. The largest absolute Gasteiger partial charge is 0.444 e. The van der Waals surface area contributed by atoms with Crippen LogP contribution in [0.5, 0.6) is 0 Å². The Labute approximate surface area is 155 Å². The zero-order valence-electron chi connectivity index (χ0n) is 15.6. The van der Waals surface area contributed by atoms with Gasteiger partial charge in [-0.2, -0.15) is 0 Å². The van der Waals surface area contributed by atoms with E-state index in [1.807, 2.05) is 12.1 Å². The molecule has 2 aromatic rings. The van der Waals surface area contributed by atoms with Gasteiger partial charge in [-0.15, -0.1) is 0 Å². The van der Waals surface area contributed by atoms with Crippen LogP contribution in [0.4, 0.5) is 0 Å². The SMILES string of the molecule is CCNC(=NCC1CCCO1)NCCc1coc(-c2ccc(C)cc2)n1. The fourth-order valence-corrected chi connectivity index (χ4v) is 2.88. The van der Waals surface area contributed by atoms with Gasteiger partial charge in [-0.3, -0.25) is 4.99 Å². The van der Waals surface area contributed by atoms with Crippen molar-refractivity contribution >= 4 is 5.96 Å². The van der Waals surface area contributed by atoms with Crippen LogP contribution in [0.3, 0.4) is 0 Å². The number of benzene rings is 1. The molecule has 2 N–H and O–H groups in total. The minimum atomic E-state index is 0.262. The molecule has 1 aromatic heterocycles. The smallest absolute Gasteiger partial charge is 0.226 e. The molecule has 0 spiro atoms. The summed E-state index contributed by atoms with van der Waals surface area (Å²) in [5.41, 5.74) is 3.16. The number of aromatic nitrogens is 1. The van der Waals surface area contributed by atoms with Crippen molar-refractivity contribution in [1.29, 1.82) is 0 Å². The monoisotopic (exact) mass is 356 g/mol. The molecule has 1 aliphatic rings. The van der Waals surface area contributed by atoms with Gasteiger partial charge in [0.15, 0.2) is 5.96 Å². The van der Waals surface area contributed by atoms with Gasteiger partial charge in [0.05, 0.1) is 18.3 Å². The fraction of sp³-hybridized carbons (Fsp3) is 0.500. The quantitative estimate of drug-likeness (QED) is 0.589. The molecule has 6 nitrogen and oxygen atoms in total. The summed E-state index contributed by atoms with van der Waals surface area (Å²) in [4.78, 5) is 9.19. The number of ether oxygens (including phenoxy) is 1. The van der Waals surface area contributed by atoms with Crippen molar-refractivity contribution in [1.82, 2.24) is 15.6 Å². The van der Waals surface area contributed by atoms with Crippen molar-refractivity contribution in [3.05, 3.63) is 41.8 Å². The summed E-state index contributed by atoms with van der Waals surface area (Å²) in [6.07, 6.45) is 5.01. The van der Waals surface area contributed by atoms with E-state index in [1.54, 1.807) is 6.26 Å². The number of oxazole rings is 1. The van der Waals surface area contributed by atoms with Crippen LogP contribution in [0, 0.1) is 6.92 Å². The van der Waals surface area contributed by atoms with Gasteiger partial charge in [-0.25, -0.2) is 4.98 Å². The molecule has 6 heteroatoms. The van der Waals surface area contributed by atoms with Gasteiger partial charge in [0, 0.05) is 31.7 Å². The van der Waals surface area contributed by atoms with Crippen LogP contribution in [0.15, 0.2) is 39.9 Å². The molecule has 1 aliphatic heterocycles. The van der Waals surface area contributed by atoms with E-state index < -0.39 is 0 Å². The first-order chi connectivity index (χ1) is 12.7. The number of hydrogen-bond donors (Lipinski definition) is 2. The summed E-state index contributed by atoms with van der Waals surface area (Å²) in [5.74, 6) is 1.49. The van der Waals surface area contributed by atoms with E-state index in [4.69, 9.17) is 9.15 Å². The standard InChI is InChI=1S/C20H28N4O2/c1-3-21-20(23-13-18-5-4-12-25-18)22-11-10-17-14-26-19(24-17)16-8-6-15(2)7-9-16/h6-9,14,18H,3-5,10-13H2,1-2H3,(H2,21,22,23). The van der Waals surface area contributed by atoms with Gasteiger partial charge in [0.2, 0.25) is 5.89 Å². The predicted molar refractivity (Wildman–Crippen MR) is 103 cm³/mol. The molecule has 0 radical (unpaired) electrons. The highest BCUT2D eigenvalue weighted by atomic mass is 16.5. The Balaban J connectivity index is 1.49. The molecule has 1 unspecified atom stereocenters. The highest BCUT2D eigenvalue weighted by molar-refractivity contribution is 5.79. The average molecular weight is 356 g/mol. The molecular weight excluding hydrogens is 328 g/mol. The Morgan fingerprint density at radius 1 is 1.27 bits per heavy atom. The number of aryl methyl sites for hydroxylation is 1. The minimum absolute atomic E-state index is 0.262. The highest BCUT2D eigenvalue weighted by Gasteiger charge is 2.15. The van der Waals surface area contributed by atoms with E-state index in [0.29, 0.717) is 12.4 Å². The van der Waals surface area contributed by atoms with Crippen LogP contribution in [0.2, 0.25) is 0 Å². The maximum atomic E-state index is 5.62. The number of nitrogens with zero attached hydrogens (tertiary/aromatic N) is 2. The Morgan fingerprint density at radius 2 is 2.12 bits per heavy atom. The summed E-state index contributed by atoms with van der Waals surface area (Å²) in [6.45, 7) is 7.28. The fourth-order valence-electron chi connectivity index (χ4n) is 2.88. The summed E-state index contributed by atoms with van der Waals surface area (Å²) in [7, 11) is 0. The third kappa shape index (κ3) is 5.33. The average Bonchev–Trinajstić information content (AvgIpc) is 3.32. The first-order valence-electron chi connectivity index (χ1n) is 9.40. The first-order valence-corrected chi connectivity index (χ1v) is 9.40. The predicted octanol–water partition coefficient (Wildman–Crippen LogP) is 2.93. The van der Waals surface area contributed by atoms with Crippen molar-refractivity contribution in [2.24, 2.45) is 4.99 Å². The third-order valence-corrected chi connectivity index (χ3v) is 4.35. The zero-order chi connectivity index (χ0) is 18.2. The topological polar surface area (TPSA) is 71.7 Å². The van der Waals surface area contributed by atoms with Crippen LogP contribution in [0.25, 0.3) is 11.5 Å². The molecule has 0 amide bonds. The van der Waals surface area contributed by atoms with E-state index in [2.05, 4.69) is 46.6 Å². The summed E-state index contributed by atoms with van der Waals surface area (Å²) >= 11 is 0. The van der Waals surface area contributed by atoms with Gasteiger partial charge in [-0.05, 0) is 38.8 Å². The van der Waals surface area contributed by atoms with Crippen molar-refractivity contribution in [2.75, 3.05) is 26.2 Å². The van der Waals surface area contributed by atoms with E-state index >= 15 is 0 Å². The van der Waals surface area contributed by atoms with Crippen LogP contribution in [-0.2, 0) is 11.2 Å². The maximum Gasteiger partial charge on any atom is 0.226 e. The first kappa shape index (κ1) is 18.5. The molecular formula is C20H28N4O2. The van der Waals surface area contributed by atoms with E-state index in [9.17, 15) is 0 Å². The van der Waals surface area contributed by atoms with E-state index in [-0.39, 0.29) is 6.10 Å². The van der Waals surface area contributed by atoms with Crippen molar-refractivity contribution in [3.63, 3.8) is 0 Å². The van der Waals surface area contributed by atoms with Crippen LogP contribution in [-0.4, -0.2) is 43.3 Å². The lowest BCUT2D eigenvalue weighted by Gasteiger charge is -2.12. The molecule has 0 aliphatic carbocycles. The van der Waals surface area contributed by atoms with Gasteiger partial charge in [0.1, 0.15) is 6.26 Å². The molecule has 1 fully saturated rings. The maximum absolute atomic E-state index is 5.62. The lowest BCUT2D eigenvalue weighted by molar-refractivity contribution is 0.117. The van der Waals surface area contributed by atoms with Gasteiger partial charge in [-0.1, -0.05) is 17.7 Å². The van der Waals surface area contributed by atoms with Gasteiger partial charge >= 0.3 is 0 Å². The minimum Gasteiger partial charge on any atom is -0.444 e. The number of hydrogen-bond acceptors (Lipinski definition) is 4. The number of rotatable bonds is 7. The summed E-state index contributed by atoms with van der Waals surface area (Å²) in [6, 6.07) is 8.19. The second kappa shape index (κ2) is 9.38. The lowest BCUT2D eigenvalue weighted by atomic mass is 10.1. The third-order valence-electron chi connectivity index (χ3n) is 4.35. The molecule has 2 heterocycles. The van der Waals surface area contributed by atoms with Crippen LogP contribution >= 0.6 is 0 Å². The lowest BCUT2D eigenvalue weighted by Crippen LogP contribution is -2.39. The Morgan fingerprint density at radius 3 is 2.85 bits per heavy atom. The van der Waals surface area contributed by atoms with Gasteiger partial charge < -0.3 is 19.8 Å². The van der Waals surface area contributed by atoms with Crippen molar-refractivity contribution < 1.29 is 9.15 Å². The van der Waals surface area contributed by atoms with E-state index in [0.717, 1.165) is 56.2 Å². The van der Waals surface area contributed by atoms with Crippen LogP contribution < -0.4 is 10.6 Å². The molecule has 3 rings (SSSR count).